The molecule has 0 aromatic heterocycles. The molecule has 5 heteroatoms. The summed E-state index contributed by atoms with van der Waals surface area (Å²) in [5, 5.41) is -0.260. The first-order valence-corrected chi connectivity index (χ1v) is 6.24. The topological polar surface area (TPSA) is 12.4 Å². The van der Waals surface area contributed by atoms with Crippen LogP contribution in [0.25, 0.3) is 0 Å². The van der Waals surface area contributed by atoms with E-state index < -0.39 is 11.7 Å². The molecule has 0 radical (unpaired) electrons. The van der Waals surface area contributed by atoms with Gasteiger partial charge in [-0.05, 0) is 43.2 Å². The number of rotatable bonds is 1. The maximum Gasteiger partial charge on any atom is 0.417 e. The van der Waals surface area contributed by atoms with Crippen molar-refractivity contribution in [1.82, 2.24) is 0 Å². The average Bonchev–Trinajstić information content (AvgIpc) is 2.56. The van der Waals surface area contributed by atoms with E-state index in [1.165, 1.54) is 6.07 Å². The van der Waals surface area contributed by atoms with Crippen LogP contribution in [0.4, 0.5) is 13.2 Å². The van der Waals surface area contributed by atoms with Gasteiger partial charge in [-0.1, -0.05) is 24.1 Å². The first-order valence-electron chi connectivity index (χ1n) is 5.87. The number of benzene rings is 1. The van der Waals surface area contributed by atoms with Crippen molar-refractivity contribution in [1.29, 1.82) is 0 Å². The highest BCUT2D eigenvalue weighted by Gasteiger charge is 2.33. The van der Waals surface area contributed by atoms with Gasteiger partial charge in [0.1, 0.15) is 0 Å². The lowest BCUT2D eigenvalue weighted by atomic mass is 10.00. The van der Waals surface area contributed by atoms with Crippen LogP contribution in [0, 0.1) is 0 Å². The second-order valence-electron chi connectivity index (χ2n) is 4.37. The summed E-state index contributed by atoms with van der Waals surface area (Å²) in [6.07, 6.45) is 1.10. The zero-order valence-electron chi connectivity index (χ0n) is 9.67. The summed E-state index contributed by atoms with van der Waals surface area (Å²) < 4.78 is 38.3. The number of halogens is 4. The van der Waals surface area contributed by atoms with Gasteiger partial charge < -0.3 is 0 Å². The highest BCUT2D eigenvalue weighted by Crippen LogP contribution is 2.37. The summed E-state index contributed by atoms with van der Waals surface area (Å²) in [6, 6.07) is 3.88. The highest BCUT2D eigenvalue weighted by atomic mass is 35.5. The maximum absolute atomic E-state index is 12.8. The van der Waals surface area contributed by atoms with Crippen molar-refractivity contribution in [2.75, 3.05) is 0 Å². The summed E-state index contributed by atoms with van der Waals surface area (Å²) >= 11 is 5.59. The van der Waals surface area contributed by atoms with Crippen LogP contribution in [-0.2, 0) is 6.18 Å². The Labute approximate surface area is 109 Å². The van der Waals surface area contributed by atoms with E-state index in [0.717, 1.165) is 31.7 Å². The summed E-state index contributed by atoms with van der Waals surface area (Å²) in [7, 11) is 0. The minimum Gasteiger partial charge on any atom is -0.289 e. The van der Waals surface area contributed by atoms with Crippen molar-refractivity contribution >= 4 is 17.8 Å². The fraction of sp³-hybridized carbons (Fsp3) is 0.462. The molecule has 1 aliphatic heterocycles. The number of hydrogen-bond donors (Lipinski definition) is 0. The summed E-state index contributed by atoms with van der Waals surface area (Å²) in [5.74, 6) is 0. The van der Waals surface area contributed by atoms with Crippen molar-refractivity contribution in [3.63, 3.8) is 0 Å². The molecule has 1 heterocycles. The van der Waals surface area contributed by atoms with Crippen LogP contribution in [0.3, 0.4) is 0 Å². The zero-order chi connectivity index (χ0) is 13.2. The second kappa shape index (κ2) is 5.31. The molecule has 0 bridgehead atoms. The lowest BCUT2D eigenvalue weighted by molar-refractivity contribution is -0.137. The summed E-state index contributed by atoms with van der Waals surface area (Å²) in [6.45, 7) is 0. The molecule has 0 aliphatic carbocycles. The van der Waals surface area contributed by atoms with Gasteiger partial charge in [-0.3, -0.25) is 4.99 Å². The lowest BCUT2D eigenvalue weighted by Crippen LogP contribution is -2.07. The molecule has 1 aromatic rings. The van der Waals surface area contributed by atoms with Crippen LogP contribution < -0.4 is 0 Å². The number of aliphatic imine (C=N–C) groups is 1. The van der Waals surface area contributed by atoms with Crippen LogP contribution in [-0.4, -0.2) is 6.21 Å². The van der Waals surface area contributed by atoms with Crippen molar-refractivity contribution < 1.29 is 13.2 Å². The molecule has 1 aromatic carbocycles. The van der Waals surface area contributed by atoms with Crippen molar-refractivity contribution in [3.05, 3.63) is 34.3 Å². The number of hydrogen-bond acceptors (Lipinski definition) is 1. The van der Waals surface area contributed by atoms with E-state index in [9.17, 15) is 13.2 Å². The normalized spacial score (nSPS) is 20.8. The fourth-order valence-corrected chi connectivity index (χ4v) is 2.29. The first-order chi connectivity index (χ1) is 8.48. The van der Waals surface area contributed by atoms with Gasteiger partial charge in [-0.15, -0.1) is 0 Å². The van der Waals surface area contributed by atoms with Gasteiger partial charge in [0.25, 0.3) is 0 Å². The summed E-state index contributed by atoms with van der Waals surface area (Å²) in [5.41, 5.74) is -0.189. The Balaban J connectivity index is 2.34. The third-order valence-corrected chi connectivity index (χ3v) is 3.36. The van der Waals surface area contributed by atoms with Crippen molar-refractivity contribution in [2.45, 2.75) is 37.9 Å². The minimum atomic E-state index is -4.42. The molecule has 1 unspecified atom stereocenters. The number of nitrogens with zero attached hydrogens (tertiary/aromatic N) is 1. The monoisotopic (exact) mass is 275 g/mol. The third-order valence-electron chi connectivity index (χ3n) is 3.03. The van der Waals surface area contributed by atoms with Gasteiger partial charge in [0.15, 0.2) is 0 Å². The van der Waals surface area contributed by atoms with Crippen LogP contribution in [0.1, 0.15) is 42.9 Å². The van der Waals surface area contributed by atoms with E-state index in [2.05, 4.69) is 4.99 Å². The Morgan fingerprint density at radius 2 is 2.00 bits per heavy atom. The predicted molar refractivity (Wildman–Crippen MR) is 66.2 cm³/mol. The molecule has 1 nitrogen and oxygen atoms in total. The van der Waals surface area contributed by atoms with Gasteiger partial charge in [0, 0.05) is 0 Å². The molecule has 0 saturated heterocycles. The van der Waals surface area contributed by atoms with Crippen molar-refractivity contribution in [2.24, 2.45) is 4.99 Å². The quantitative estimate of drug-likeness (QED) is 0.680. The molecule has 1 aliphatic rings. The van der Waals surface area contributed by atoms with Gasteiger partial charge in [0.2, 0.25) is 0 Å². The minimum absolute atomic E-state index is 0.175. The van der Waals surface area contributed by atoms with Crippen LogP contribution >= 0.6 is 11.6 Å². The largest absolute Gasteiger partial charge is 0.417 e. The average molecular weight is 276 g/mol. The lowest BCUT2D eigenvalue weighted by Gasteiger charge is -2.15. The molecular weight excluding hydrogens is 263 g/mol. The Morgan fingerprint density at radius 1 is 1.22 bits per heavy atom. The molecular formula is C13H13ClF3N. The van der Waals surface area contributed by atoms with E-state index in [1.807, 2.05) is 0 Å². The standard InChI is InChI=1S/C13H13ClF3N/c14-11-6-5-9(8-10(11)13(15,16)17)12-4-2-1-3-7-18-12/h5-8,12H,1-4H2. The SMILES string of the molecule is FC(F)(F)c1cc(C2CCCCC=N2)ccc1Cl. The molecule has 2 rings (SSSR count). The van der Waals surface area contributed by atoms with Crippen LogP contribution in [0.5, 0.6) is 0 Å². The van der Waals surface area contributed by atoms with Gasteiger partial charge in [-0.25, -0.2) is 0 Å². The Kier molecular flexibility index (Phi) is 3.95. The first kappa shape index (κ1) is 13.4. The van der Waals surface area contributed by atoms with Crippen molar-refractivity contribution in [3.8, 4) is 0 Å². The summed E-state index contributed by atoms with van der Waals surface area (Å²) in [4.78, 5) is 4.31. The molecule has 98 valence electrons. The zero-order valence-corrected chi connectivity index (χ0v) is 10.4. The van der Waals surface area contributed by atoms with Gasteiger partial charge >= 0.3 is 6.18 Å². The van der Waals surface area contributed by atoms with Gasteiger partial charge in [-0.2, -0.15) is 13.2 Å². The second-order valence-corrected chi connectivity index (χ2v) is 4.78. The van der Waals surface area contributed by atoms with Gasteiger partial charge in [0.05, 0.1) is 16.6 Å². The fourth-order valence-electron chi connectivity index (χ4n) is 2.07. The maximum atomic E-state index is 12.8. The third kappa shape index (κ3) is 3.05. The Morgan fingerprint density at radius 3 is 2.72 bits per heavy atom. The van der Waals surface area contributed by atoms with Crippen LogP contribution in [0.2, 0.25) is 5.02 Å². The van der Waals surface area contributed by atoms with E-state index in [4.69, 9.17) is 11.6 Å². The smallest absolute Gasteiger partial charge is 0.289 e. The molecule has 0 saturated carbocycles. The Hall–Kier alpha value is -1.03. The van der Waals surface area contributed by atoms with E-state index >= 15 is 0 Å². The molecule has 1 atom stereocenters. The van der Waals surface area contributed by atoms with E-state index in [-0.39, 0.29) is 11.1 Å². The molecule has 18 heavy (non-hydrogen) atoms. The Bertz CT molecular complexity index is 454. The number of alkyl halides is 3. The highest BCUT2D eigenvalue weighted by molar-refractivity contribution is 6.31. The predicted octanol–water partition coefficient (Wildman–Crippen LogP) is 5.04. The molecule has 0 N–H and O–H groups in total. The molecule has 0 amide bonds. The molecule has 0 spiro atoms. The van der Waals surface area contributed by atoms with Crippen LogP contribution in [0.15, 0.2) is 23.2 Å². The van der Waals surface area contributed by atoms with E-state index in [1.54, 1.807) is 12.3 Å². The molecule has 0 fully saturated rings. The van der Waals surface area contributed by atoms with E-state index in [0.29, 0.717) is 5.56 Å².